The van der Waals surface area contributed by atoms with Gasteiger partial charge in [0.25, 0.3) is 0 Å². The van der Waals surface area contributed by atoms with Crippen molar-refractivity contribution in [2.24, 2.45) is 0 Å². The average molecular weight is 289 g/mol. The molecule has 21 heavy (non-hydrogen) atoms. The Morgan fingerprint density at radius 3 is 2.57 bits per heavy atom. The van der Waals surface area contributed by atoms with Gasteiger partial charge in [-0.3, -0.25) is 0 Å². The molecule has 0 aliphatic rings. The second kappa shape index (κ2) is 8.06. The van der Waals surface area contributed by atoms with E-state index < -0.39 is 0 Å². The summed E-state index contributed by atoms with van der Waals surface area (Å²) < 4.78 is 15.5. The van der Waals surface area contributed by atoms with Crippen molar-refractivity contribution in [2.45, 2.75) is 6.54 Å². The molecule has 0 atom stereocenters. The highest BCUT2D eigenvalue weighted by atomic mass is 16.5. The van der Waals surface area contributed by atoms with Crippen LogP contribution in [0.1, 0.15) is 5.56 Å². The van der Waals surface area contributed by atoms with Crippen molar-refractivity contribution in [3.05, 3.63) is 42.1 Å². The number of methoxy groups -OCH3 is 2. The highest BCUT2D eigenvalue weighted by Gasteiger charge is 2.00. The zero-order valence-corrected chi connectivity index (χ0v) is 12.2. The maximum atomic E-state index is 5.51. The Labute approximate surface area is 124 Å². The summed E-state index contributed by atoms with van der Waals surface area (Å²) in [6.07, 6.45) is 1.65. The van der Waals surface area contributed by atoms with E-state index in [4.69, 9.17) is 14.2 Å². The molecule has 0 unspecified atom stereocenters. The maximum absolute atomic E-state index is 5.51. The van der Waals surface area contributed by atoms with Gasteiger partial charge in [-0.2, -0.15) is 4.98 Å². The van der Waals surface area contributed by atoms with Crippen LogP contribution in [-0.2, 0) is 11.3 Å². The van der Waals surface area contributed by atoms with Crippen molar-refractivity contribution in [1.29, 1.82) is 0 Å². The quantitative estimate of drug-likeness (QED) is 0.751. The van der Waals surface area contributed by atoms with E-state index in [1.165, 1.54) is 0 Å². The van der Waals surface area contributed by atoms with Crippen molar-refractivity contribution in [1.82, 2.24) is 9.97 Å². The fourth-order valence-corrected chi connectivity index (χ4v) is 1.67. The van der Waals surface area contributed by atoms with Crippen molar-refractivity contribution in [3.8, 4) is 11.6 Å². The fraction of sp³-hybridized carbons (Fsp3) is 0.333. The van der Waals surface area contributed by atoms with Crippen LogP contribution in [0, 0.1) is 0 Å². The molecular formula is C15H19N3O3. The number of nitrogens with one attached hydrogen (secondary N) is 1. The van der Waals surface area contributed by atoms with Crippen molar-refractivity contribution < 1.29 is 14.2 Å². The van der Waals surface area contributed by atoms with Crippen LogP contribution in [0.3, 0.4) is 0 Å². The highest BCUT2D eigenvalue weighted by Crippen LogP contribution is 2.13. The van der Waals surface area contributed by atoms with Crippen LogP contribution in [0.25, 0.3) is 0 Å². The van der Waals surface area contributed by atoms with E-state index >= 15 is 0 Å². The van der Waals surface area contributed by atoms with Crippen LogP contribution >= 0.6 is 0 Å². The van der Waals surface area contributed by atoms with E-state index in [0.717, 1.165) is 11.3 Å². The van der Waals surface area contributed by atoms with E-state index in [1.807, 2.05) is 24.3 Å². The number of hydrogen-bond acceptors (Lipinski definition) is 6. The maximum Gasteiger partial charge on any atom is 0.226 e. The van der Waals surface area contributed by atoms with Gasteiger partial charge in [0.15, 0.2) is 0 Å². The molecule has 0 fully saturated rings. The number of ether oxygens (including phenoxy) is 3. The molecule has 1 N–H and O–H groups in total. The number of rotatable bonds is 8. The Morgan fingerprint density at radius 1 is 1.05 bits per heavy atom. The Balaban J connectivity index is 1.85. The zero-order chi connectivity index (χ0) is 14.9. The number of benzene rings is 1. The van der Waals surface area contributed by atoms with Crippen LogP contribution < -0.4 is 14.8 Å². The summed E-state index contributed by atoms with van der Waals surface area (Å²) in [4.78, 5) is 8.32. The van der Waals surface area contributed by atoms with Crippen molar-refractivity contribution in [3.63, 3.8) is 0 Å². The molecule has 1 aromatic heterocycles. The van der Waals surface area contributed by atoms with E-state index in [-0.39, 0.29) is 0 Å². The Bertz CT molecular complexity index is 546. The molecule has 0 spiro atoms. The van der Waals surface area contributed by atoms with Crippen LogP contribution in [0.2, 0.25) is 0 Å². The standard InChI is InChI=1S/C15H19N3O3/c1-19-9-10-21-13-5-3-12(4-6-13)11-17-15-16-8-7-14(18-15)20-2/h3-8H,9-11H2,1-2H3,(H,16,17,18). The van der Waals surface area contributed by atoms with Gasteiger partial charge in [0, 0.05) is 25.9 Å². The third kappa shape index (κ3) is 4.92. The highest BCUT2D eigenvalue weighted by molar-refractivity contribution is 5.32. The first-order chi connectivity index (χ1) is 10.3. The largest absolute Gasteiger partial charge is 0.491 e. The molecule has 0 saturated carbocycles. The van der Waals surface area contributed by atoms with Gasteiger partial charge < -0.3 is 19.5 Å². The van der Waals surface area contributed by atoms with E-state index in [1.54, 1.807) is 26.5 Å². The summed E-state index contributed by atoms with van der Waals surface area (Å²) in [7, 11) is 3.23. The summed E-state index contributed by atoms with van der Waals surface area (Å²) in [5.41, 5.74) is 1.11. The predicted molar refractivity (Wildman–Crippen MR) is 79.7 cm³/mol. The summed E-state index contributed by atoms with van der Waals surface area (Å²) in [6, 6.07) is 9.56. The molecule has 6 heteroatoms. The number of anilines is 1. The number of hydrogen-bond donors (Lipinski definition) is 1. The topological polar surface area (TPSA) is 65.5 Å². The fourth-order valence-electron chi connectivity index (χ4n) is 1.67. The number of nitrogens with zero attached hydrogens (tertiary/aromatic N) is 2. The van der Waals surface area contributed by atoms with Gasteiger partial charge in [0.2, 0.25) is 11.8 Å². The number of aromatic nitrogens is 2. The minimum atomic E-state index is 0.536. The molecule has 6 nitrogen and oxygen atoms in total. The predicted octanol–water partition coefficient (Wildman–Crippen LogP) is 2.12. The normalized spacial score (nSPS) is 10.2. The minimum Gasteiger partial charge on any atom is -0.491 e. The van der Waals surface area contributed by atoms with Gasteiger partial charge in [-0.25, -0.2) is 4.98 Å². The molecule has 0 radical (unpaired) electrons. The molecule has 0 saturated heterocycles. The first-order valence-corrected chi connectivity index (χ1v) is 6.63. The molecule has 0 amide bonds. The summed E-state index contributed by atoms with van der Waals surface area (Å²) in [5.74, 6) is 1.90. The summed E-state index contributed by atoms with van der Waals surface area (Å²) in [6.45, 7) is 1.76. The average Bonchev–Trinajstić information content (AvgIpc) is 2.54. The first kappa shape index (κ1) is 15.1. The van der Waals surface area contributed by atoms with Crippen LogP contribution in [-0.4, -0.2) is 37.4 Å². The molecular weight excluding hydrogens is 270 g/mol. The molecule has 0 aliphatic carbocycles. The van der Waals surface area contributed by atoms with Gasteiger partial charge in [-0.1, -0.05) is 12.1 Å². The Hall–Kier alpha value is -2.34. The van der Waals surface area contributed by atoms with Gasteiger partial charge in [0.05, 0.1) is 13.7 Å². The molecule has 2 aromatic rings. The van der Waals surface area contributed by atoms with E-state index in [2.05, 4.69) is 15.3 Å². The Morgan fingerprint density at radius 2 is 1.86 bits per heavy atom. The lowest BCUT2D eigenvalue weighted by Gasteiger charge is -2.08. The van der Waals surface area contributed by atoms with E-state index in [0.29, 0.717) is 31.6 Å². The second-order valence-electron chi connectivity index (χ2n) is 4.26. The lowest BCUT2D eigenvalue weighted by Crippen LogP contribution is -2.05. The Kier molecular flexibility index (Phi) is 5.78. The van der Waals surface area contributed by atoms with Crippen LogP contribution in [0.15, 0.2) is 36.5 Å². The van der Waals surface area contributed by atoms with Gasteiger partial charge in [-0.05, 0) is 17.7 Å². The SMILES string of the molecule is COCCOc1ccc(CNc2nccc(OC)n2)cc1. The van der Waals surface area contributed by atoms with Crippen molar-refractivity contribution >= 4 is 5.95 Å². The van der Waals surface area contributed by atoms with Gasteiger partial charge in [0.1, 0.15) is 12.4 Å². The third-order valence-electron chi connectivity index (χ3n) is 2.77. The smallest absolute Gasteiger partial charge is 0.226 e. The van der Waals surface area contributed by atoms with Crippen molar-refractivity contribution in [2.75, 3.05) is 32.8 Å². The molecule has 2 rings (SSSR count). The van der Waals surface area contributed by atoms with E-state index in [9.17, 15) is 0 Å². The lowest BCUT2D eigenvalue weighted by atomic mass is 10.2. The minimum absolute atomic E-state index is 0.536. The lowest BCUT2D eigenvalue weighted by molar-refractivity contribution is 0.146. The zero-order valence-electron chi connectivity index (χ0n) is 12.2. The third-order valence-corrected chi connectivity index (χ3v) is 2.77. The summed E-state index contributed by atoms with van der Waals surface area (Å²) in [5, 5.41) is 3.14. The molecule has 1 heterocycles. The van der Waals surface area contributed by atoms with Gasteiger partial charge in [-0.15, -0.1) is 0 Å². The summed E-state index contributed by atoms with van der Waals surface area (Å²) >= 11 is 0. The van der Waals surface area contributed by atoms with Crippen LogP contribution in [0.4, 0.5) is 5.95 Å². The van der Waals surface area contributed by atoms with Crippen LogP contribution in [0.5, 0.6) is 11.6 Å². The van der Waals surface area contributed by atoms with Gasteiger partial charge >= 0.3 is 0 Å². The first-order valence-electron chi connectivity index (χ1n) is 6.63. The second-order valence-corrected chi connectivity index (χ2v) is 4.26. The molecule has 1 aromatic carbocycles. The molecule has 112 valence electrons. The molecule has 0 bridgehead atoms. The monoisotopic (exact) mass is 289 g/mol. The molecule has 0 aliphatic heterocycles.